The third-order valence-corrected chi connectivity index (χ3v) is 10.8. The number of hydrogen-bond donors (Lipinski definition) is 0. The van der Waals surface area contributed by atoms with Crippen molar-refractivity contribution in [3.8, 4) is 5.75 Å². The van der Waals surface area contributed by atoms with E-state index in [0.717, 1.165) is 30.3 Å². The smallest absolute Gasteiger partial charge is 0.281 e. The molecule has 0 unspecified atom stereocenters. The Kier molecular flexibility index (Phi) is 22.7. The zero-order valence-electron chi connectivity index (χ0n) is 28.3. The molecule has 2 rings (SSSR count). The molecule has 244 valence electrons. The Morgan fingerprint density at radius 2 is 0.860 bits per heavy atom. The Bertz CT molecular complexity index is 867. The third-order valence-electron chi connectivity index (χ3n) is 8.32. The summed E-state index contributed by atoms with van der Waals surface area (Å²) in [6, 6.07) is 19.0. The van der Waals surface area contributed by atoms with Crippen LogP contribution >= 0.6 is 7.94 Å². The standard InChI is InChI=1S/C39H66O3P/c1-4-7-10-13-16-19-23-30-37-31-26-27-34-39(37)43(42-38-32-24-22-25-33-38,40-35-28-20-17-14-11-8-5-2)41-36-29-21-18-15-12-9-6-3/h22,24-27,31-34H,4-21,23,28-30,35-36H2,1-3H3/q+1. The number of rotatable bonds is 29. The fraction of sp³-hybridized carbons (Fsp3) is 0.692. The average molecular weight is 614 g/mol. The van der Waals surface area contributed by atoms with Crippen molar-refractivity contribution in [2.45, 2.75) is 162 Å². The zero-order valence-corrected chi connectivity index (χ0v) is 29.2. The van der Waals surface area contributed by atoms with E-state index in [4.69, 9.17) is 13.6 Å². The summed E-state index contributed by atoms with van der Waals surface area (Å²) < 4.78 is 20.7. The summed E-state index contributed by atoms with van der Waals surface area (Å²) in [6.07, 6.45) is 27.9. The van der Waals surface area contributed by atoms with Gasteiger partial charge in [0.05, 0.1) is 13.2 Å². The molecule has 0 atom stereocenters. The van der Waals surface area contributed by atoms with Crippen molar-refractivity contribution in [1.29, 1.82) is 0 Å². The van der Waals surface area contributed by atoms with Crippen LogP contribution in [0.3, 0.4) is 0 Å². The van der Waals surface area contributed by atoms with Crippen molar-refractivity contribution < 1.29 is 13.6 Å². The molecule has 2 aromatic carbocycles. The van der Waals surface area contributed by atoms with Crippen LogP contribution in [0.15, 0.2) is 54.6 Å². The van der Waals surface area contributed by atoms with E-state index in [9.17, 15) is 0 Å². The zero-order chi connectivity index (χ0) is 30.7. The lowest BCUT2D eigenvalue weighted by molar-refractivity contribution is 0.185. The molecule has 0 bridgehead atoms. The number of aryl methyl sites for hydroxylation is 1. The van der Waals surface area contributed by atoms with E-state index < -0.39 is 7.94 Å². The van der Waals surface area contributed by atoms with Gasteiger partial charge in [0.15, 0.2) is 11.1 Å². The second-order valence-corrected chi connectivity index (χ2v) is 14.5. The molecule has 0 aliphatic heterocycles. The molecule has 3 nitrogen and oxygen atoms in total. The Morgan fingerprint density at radius 1 is 0.442 bits per heavy atom. The van der Waals surface area contributed by atoms with Crippen LogP contribution in [-0.2, 0) is 15.5 Å². The second-order valence-electron chi connectivity index (χ2n) is 12.3. The molecule has 2 aromatic rings. The molecule has 0 aliphatic carbocycles. The fourth-order valence-electron chi connectivity index (χ4n) is 5.65. The average Bonchev–Trinajstić information content (AvgIpc) is 3.03. The molecule has 0 amide bonds. The van der Waals surface area contributed by atoms with Crippen LogP contribution in [0.1, 0.15) is 161 Å². The van der Waals surface area contributed by atoms with Gasteiger partial charge in [0, 0.05) is 5.56 Å². The highest BCUT2D eigenvalue weighted by Gasteiger charge is 2.51. The molecule has 4 heteroatoms. The van der Waals surface area contributed by atoms with Crippen LogP contribution in [-0.4, -0.2) is 13.2 Å². The fourth-order valence-corrected chi connectivity index (χ4v) is 8.15. The molecule has 0 saturated heterocycles. The van der Waals surface area contributed by atoms with Gasteiger partial charge in [0.2, 0.25) is 0 Å². The molecule has 0 heterocycles. The van der Waals surface area contributed by atoms with Crippen LogP contribution in [0.4, 0.5) is 0 Å². The first-order valence-electron chi connectivity index (χ1n) is 18.3. The van der Waals surface area contributed by atoms with Gasteiger partial charge in [0.25, 0.3) is 0 Å². The third kappa shape index (κ3) is 17.0. The summed E-state index contributed by atoms with van der Waals surface area (Å²) >= 11 is 0. The maximum Gasteiger partial charge on any atom is 0.492 e. The van der Waals surface area contributed by atoms with Gasteiger partial charge in [-0.3, -0.25) is 4.52 Å². The van der Waals surface area contributed by atoms with Crippen molar-refractivity contribution in [3.05, 3.63) is 60.2 Å². The molecular formula is C39H66O3P+. The van der Waals surface area contributed by atoms with Crippen LogP contribution in [0, 0.1) is 0 Å². The monoisotopic (exact) mass is 613 g/mol. The van der Waals surface area contributed by atoms with Crippen LogP contribution in [0.2, 0.25) is 0 Å². The SMILES string of the molecule is CCCCCCCCCO[P+](OCCCCCCCCC)(Oc1ccccc1)c1ccccc1CCCCCCCCC. The minimum atomic E-state index is -2.81. The van der Waals surface area contributed by atoms with Gasteiger partial charge in [-0.1, -0.05) is 173 Å². The molecule has 0 spiro atoms. The summed E-state index contributed by atoms with van der Waals surface area (Å²) in [5.74, 6) is 0.834. The molecule has 0 saturated carbocycles. The summed E-state index contributed by atoms with van der Waals surface area (Å²) in [4.78, 5) is 0. The molecule has 43 heavy (non-hydrogen) atoms. The van der Waals surface area contributed by atoms with Crippen LogP contribution in [0.5, 0.6) is 5.75 Å². The lowest BCUT2D eigenvalue weighted by atomic mass is 10.0. The van der Waals surface area contributed by atoms with E-state index in [2.05, 4.69) is 45.0 Å². The number of unbranched alkanes of at least 4 members (excludes halogenated alkanes) is 18. The topological polar surface area (TPSA) is 27.7 Å². The van der Waals surface area contributed by atoms with E-state index in [-0.39, 0.29) is 0 Å². The van der Waals surface area contributed by atoms with Crippen molar-refractivity contribution in [2.24, 2.45) is 0 Å². The van der Waals surface area contributed by atoms with Crippen molar-refractivity contribution >= 4 is 13.2 Å². The van der Waals surface area contributed by atoms with Gasteiger partial charge < -0.3 is 0 Å². The molecule has 0 fully saturated rings. The molecule has 0 aromatic heterocycles. The normalized spacial score (nSPS) is 11.7. The largest absolute Gasteiger partial charge is 0.492 e. The quantitative estimate of drug-likeness (QED) is 0.0675. The first-order valence-corrected chi connectivity index (χ1v) is 19.8. The predicted molar refractivity (Wildman–Crippen MR) is 190 cm³/mol. The molecular weight excluding hydrogens is 547 g/mol. The predicted octanol–water partition coefficient (Wildman–Crippen LogP) is 13.0. The van der Waals surface area contributed by atoms with Gasteiger partial charge >= 0.3 is 7.94 Å². The maximum atomic E-state index is 6.89. The first kappa shape index (κ1) is 37.8. The minimum absolute atomic E-state index is 0.678. The van der Waals surface area contributed by atoms with E-state index >= 15 is 0 Å². The molecule has 0 radical (unpaired) electrons. The Labute approximate surface area is 267 Å². The summed E-state index contributed by atoms with van der Waals surface area (Å²) in [7, 11) is -2.81. The molecule has 0 N–H and O–H groups in total. The van der Waals surface area contributed by atoms with E-state index in [1.165, 1.54) is 128 Å². The maximum absolute atomic E-state index is 6.89. The van der Waals surface area contributed by atoms with E-state index in [1.807, 2.05) is 30.3 Å². The number of para-hydroxylation sites is 1. The van der Waals surface area contributed by atoms with Crippen molar-refractivity contribution in [2.75, 3.05) is 13.2 Å². The Hall–Kier alpha value is -1.41. The van der Waals surface area contributed by atoms with Gasteiger partial charge in [0.1, 0.15) is 0 Å². The van der Waals surface area contributed by atoms with E-state index in [1.54, 1.807) is 0 Å². The highest BCUT2D eigenvalue weighted by atomic mass is 31.2. The van der Waals surface area contributed by atoms with Crippen molar-refractivity contribution in [3.63, 3.8) is 0 Å². The Morgan fingerprint density at radius 3 is 1.37 bits per heavy atom. The van der Waals surface area contributed by atoms with Gasteiger partial charge in [-0.05, 0) is 43.9 Å². The lowest BCUT2D eigenvalue weighted by Gasteiger charge is -2.24. The first-order chi connectivity index (χ1) is 21.3. The Balaban J connectivity index is 2.16. The lowest BCUT2D eigenvalue weighted by Crippen LogP contribution is -2.26. The summed E-state index contributed by atoms with van der Waals surface area (Å²) in [5.41, 5.74) is 1.33. The van der Waals surface area contributed by atoms with Crippen LogP contribution in [0.25, 0.3) is 0 Å². The van der Waals surface area contributed by atoms with Crippen molar-refractivity contribution in [1.82, 2.24) is 0 Å². The summed E-state index contributed by atoms with van der Waals surface area (Å²) in [5, 5.41) is 1.15. The highest BCUT2D eigenvalue weighted by molar-refractivity contribution is 7.70. The van der Waals surface area contributed by atoms with Gasteiger partial charge in [-0.15, -0.1) is 0 Å². The number of benzene rings is 2. The van der Waals surface area contributed by atoms with Gasteiger partial charge in [-0.25, -0.2) is 0 Å². The summed E-state index contributed by atoms with van der Waals surface area (Å²) in [6.45, 7) is 8.20. The number of hydrogen-bond acceptors (Lipinski definition) is 3. The van der Waals surface area contributed by atoms with Gasteiger partial charge in [-0.2, -0.15) is 9.05 Å². The van der Waals surface area contributed by atoms with E-state index in [0.29, 0.717) is 13.2 Å². The highest BCUT2D eigenvalue weighted by Crippen LogP contribution is 2.61. The van der Waals surface area contributed by atoms with Crippen LogP contribution < -0.4 is 9.83 Å². The second kappa shape index (κ2) is 25.9. The molecule has 0 aliphatic rings. The minimum Gasteiger partial charge on any atom is -0.281 e.